The first-order valence-corrected chi connectivity index (χ1v) is 10.2. The summed E-state index contributed by atoms with van der Waals surface area (Å²) < 4.78 is 0. The lowest BCUT2D eigenvalue weighted by atomic mass is 9.93. The number of anilines is 1. The number of rotatable bonds is 7. The van der Waals surface area contributed by atoms with Gasteiger partial charge < -0.3 is 10.2 Å². The molecule has 0 unspecified atom stereocenters. The van der Waals surface area contributed by atoms with E-state index < -0.39 is 0 Å². The fourth-order valence-corrected chi connectivity index (χ4v) is 3.96. The zero-order valence-electron chi connectivity index (χ0n) is 17.5. The van der Waals surface area contributed by atoms with Gasteiger partial charge >= 0.3 is 0 Å². The van der Waals surface area contributed by atoms with Gasteiger partial charge in [0.15, 0.2) is 0 Å². The molecule has 27 heavy (non-hydrogen) atoms. The van der Waals surface area contributed by atoms with E-state index in [2.05, 4.69) is 19.2 Å². The number of benzene rings is 1. The van der Waals surface area contributed by atoms with Crippen molar-refractivity contribution in [1.29, 1.82) is 0 Å². The van der Waals surface area contributed by atoms with E-state index in [1.165, 1.54) is 19.3 Å². The second kappa shape index (κ2) is 9.88. The molecule has 0 spiro atoms. The maximum Gasteiger partial charge on any atom is 0.238 e. The Labute approximate surface area is 164 Å². The van der Waals surface area contributed by atoms with E-state index in [-0.39, 0.29) is 30.9 Å². The van der Waals surface area contributed by atoms with E-state index in [1.807, 2.05) is 44.0 Å². The molecule has 5 heteroatoms. The van der Waals surface area contributed by atoms with Crippen LogP contribution in [0.1, 0.15) is 57.1 Å². The highest BCUT2D eigenvalue weighted by Gasteiger charge is 2.28. The van der Waals surface area contributed by atoms with E-state index in [1.54, 1.807) is 4.90 Å². The normalized spacial score (nSPS) is 15.2. The molecule has 1 aliphatic rings. The number of hydrogen-bond acceptors (Lipinski definition) is 3. The van der Waals surface area contributed by atoms with E-state index in [0.29, 0.717) is 6.04 Å². The van der Waals surface area contributed by atoms with Crippen LogP contribution in [-0.4, -0.2) is 53.8 Å². The third kappa shape index (κ3) is 6.06. The molecule has 0 heterocycles. The summed E-state index contributed by atoms with van der Waals surface area (Å²) in [7, 11) is 1.83. The van der Waals surface area contributed by atoms with Crippen molar-refractivity contribution in [3.63, 3.8) is 0 Å². The number of aryl methyl sites for hydroxylation is 1. The second-order valence-corrected chi connectivity index (χ2v) is 8.15. The smallest absolute Gasteiger partial charge is 0.238 e. The molecule has 1 aromatic carbocycles. The van der Waals surface area contributed by atoms with E-state index in [9.17, 15) is 9.59 Å². The Balaban J connectivity index is 1.90. The topological polar surface area (TPSA) is 52.7 Å². The van der Waals surface area contributed by atoms with E-state index in [0.717, 1.165) is 29.7 Å². The average Bonchev–Trinajstić information content (AvgIpc) is 2.59. The predicted octanol–water partition coefficient (Wildman–Crippen LogP) is 3.74. The first-order valence-electron chi connectivity index (χ1n) is 10.2. The van der Waals surface area contributed by atoms with Crippen LogP contribution < -0.4 is 5.32 Å². The van der Waals surface area contributed by atoms with Crippen LogP contribution in [0.4, 0.5) is 5.69 Å². The first kappa shape index (κ1) is 21.4. The van der Waals surface area contributed by atoms with Crippen molar-refractivity contribution in [1.82, 2.24) is 9.80 Å². The Hall–Kier alpha value is -1.88. The van der Waals surface area contributed by atoms with Crippen LogP contribution in [-0.2, 0) is 9.59 Å². The second-order valence-electron chi connectivity index (χ2n) is 8.15. The first-order chi connectivity index (χ1) is 12.8. The molecule has 150 valence electrons. The van der Waals surface area contributed by atoms with Gasteiger partial charge in [-0.2, -0.15) is 0 Å². The quantitative estimate of drug-likeness (QED) is 0.792. The number of amides is 2. The van der Waals surface area contributed by atoms with Crippen molar-refractivity contribution in [3.8, 4) is 0 Å². The fourth-order valence-electron chi connectivity index (χ4n) is 3.96. The highest BCUT2D eigenvalue weighted by atomic mass is 16.2. The molecule has 5 nitrogen and oxygen atoms in total. The summed E-state index contributed by atoms with van der Waals surface area (Å²) in [6, 6.07) is 6.42. The molecule has 2 amide bonds. The number of nitrogens with zero attached hydrogens (tertiary/aromatic N) is 2. The molecule has 0 aliphatic heterocycles. The molecule has 0 aromatic heterocycles. The molecule has 0 radical (unpaired) electrons. The highest BCUT2D eigenvalue weighted by molar-refractivity contribution is 5.93. The van der Waals surface area contributed by atoms with Crippen LogP contribution in [0.15, 0.2) is 18.2 Å². The molecule has 2 rings (SSSR count). The van der Waals surface area contributed by atoms with Crippen LogP contribution in [0.25, 0.3) is 0 Å². The van der Waals surface area contributed by atoms with Crippen LogP contribution in [0.3, 0.4) is 0 Å². The van der Waals surface area contributed by atoms with Crippen molar-refractivity contribution < 1.29 is 9.59 Å². The van der Waals surface area contributed by atoms with Gasteiger partial charge in [-0.05, 0) is 64.8 Å². The van der Waals surface area contributed by atoms with Gasteiger partial charge in [-0.1, -0.05) is 31.4 Å². The molecule has 0 atom stereocenters. The zero-order chi connectivity index (χ0) is 20.0. The van der Waals surface area contributed by atoms with Crippen molar-refractivity contribution in [3.05, 3.63) is 29.3 Å². The average molecular weight is 374 g/mol. The molecule has 1 aromatic rings. The van der Waals surface area contributed by atoms with E-state index >= 15 is 0 Å². The zero-order valence-corrected chi connectivity index (χ0v) is 17.5. The maximum absolute atomic E-state index is 12.9. The number of likely N-dealkylation sites (N-methyl/N-ethyl adjacent to an activating group) is 1. The summed E-state index contributed by atoms with van der Waals surface area (Å²) in [5, 5.41) is 2.97. The van der Waals surface area contributed by atoms with Crippen LogP contribution >= 0.6 is 0 Å². The monoisotopic (exact) mass is 373 g/mol. The summed E-state index contributed by atoms with van der Waals surface area (Å²) >= 11 is 0. The number of hydrogen-bond donors (Lipinski definition) is 1. The minimum Gasteiger partial charge on any atom is -0.336 e. The minimum absolute atomic E-state index is 0.0900. The summed E-state index contributed by atoms with van der Waals surface area (Å²) in [4.78, 5) is 29.1. The molecule has 1 fully saturated rings. The standard InChI is InChI=1S/C22H35N3O2/c1-16(2)25(19-11-7-6-8-12-19)22(27)15-24(5)14-21(26)23-20-13-9-10-17(3)18(20)4/h9-10,13,16,19H,6-8,11-12,14-15H2,1-5H3,(H,23,26). The Bertz CT molecular complexity index is 651. The van der Waals surface area contributed by atoms with Gasteiger partial charge in [-0.3, -0.25) is 14.5 Å². The predicted molar refractivity (Wildman–Crippen MR) is 111 cm³/mol. The summed E-state index contributed by atoms with van der Waals surface area (Å²) in [5.41, 5.74) is 3.06. The fraction of sp³-hybridized carbons (Fsp3) is 0.636. The van der Waals surface area contributed by atoms with Gasteiger partial charge in [0.2, 0.25) is 11.8 Å². The Kier molecular flexibility index (Phi) is 7.84. The largest absolute Gasteiger partial charge is 0.336 e. The van der Waals surface area contributed by atoms with Crippen molar-refractivity contribution in [2.75, 3.05) is 25.5 Å². The lowest BCUT2D eigenvalue weighted by Crippen LogP contribution is -2.49. The number of carbonyl (C=O) groups excluding carboxylic acids is 2. The molecular formula is C22H35N3O2. The Morgan fingerprint density at radius 2 is 1.78 bits per heavy atom. The SMILES string of the molecule is Cc1cccc(NC(=O)CN(C)CC(=O)N(C(C)C)C2CCCCC2)c1C. The lowest BCUT2D eigenvalue weighted by Gasteiger charge is -2.38. The van der Waals surface area contributed by atoms with Gasteiger partial charge in [0.25, 0.3) is 0 Å². The Morgan fingerprint density at radius 1 is 1.11 bits per heavy atom. The van der Waals surface area contributed by atoms with Crippen molar-refractivity contribution >= 4 is 17.5 Å². The highest BCUT2D eigenvalue weighted by Crippen LogP contribution is 2.24. The maximum atomic E-state index is 12.9. The van der Waals surface area contributed by atoms with Crippen molar-refractivity contribution in [2.45, 2.75) is 71.9 Å². The minimum atomic E-state index is -0.0900. The van der Waals surface area contributed by atoms with E-state index in [4.69, 9.17) is 0 Å². The van der Waals surface area contributed by atoms with Gasteiger partial charge in [0.1, 0.15) is 0 Å². The van der Waals surface area contributed by atoms with Crippen LogP contribution in [0, 0.1) is 13.8 Å². The molecule has 1 saturated carbocycles. The summed E-state index contributed by atoms with van der Waals surface area (Å²) in [5.74, 6) is 0.0340. The third-order valence-corrected chi connectivity index (χ3v) is 5.51. The lowest BCUT2D eigenvalue weighted by molar-refractivity contribution is -0.137. The summed E-state index contributed by atoms with van der Waals surface area (Å²) in [6.07, 6.45) is 5.88. The van der Waals surface area contributed by atoms with Crippen LogP contribution in [0.2, 0.25) is 0 Å². The molecule has 1 aliphatic carbocycles. The van der Waals surface area contributed by atoms with Gasteiger partial charge in [0.05, 0.1) is 13.1 Å². The number of carbonyl (C=O) groups is 2. The third-order valence-electron chi connectivity index (χ3n) is 5.51. The van der Waals surface area contributed by atoms with Crippen molar-refractivity contribution in [2.24, 2.45) is 0 Å². The van der Waals surface area contributed by atoms with Crippen LogP contribution in [0.5, 0.6) is 0 Å². The Morgan fingerprint density at radius 3 is 2.41 bits per heavy atom. The van der Waals surface area contributed by atoms with Gasteiger partial charge in [-0.15, -0.1) is 0 Å². The molecule has 0 saturated heterocycles. The van der Waals surface area contributed by atoms with Gasteiger partial charge in [0, 0.05) is 17.8 Å². The molecule has 1 N–H and O–H groups in total. The molecular weight excluding hydrogens is 338 g/mol. The summed E-state index contributed by atoms with van der Waals surface area (Å²) in [6.45, 7) is 8.68. The number of nitrogens with one attached hydrogen (secondary N) is 1. The molecule has 0 bridgehead atoms. The van der Waals surface area contributed by atoms with Gasteiger partial charge in [-0.25, -0.2) is 0 Å².